The van der Waals surface area contributed by atoms with Crippen LogP contribution < -0.4 is 0 Å². The molecule has 2 heteroatoms. The normalized spacial score (nSPS) is 17.8. The number of hydrogen-bond donors (Lipinski definition) is 0. The van der Waals surface area contributed by atoms with Gasteiger partial charge in [0.25, 0.3) is 0 Å². The van der Waals surface area contributed by atoms with Crippen LogP contribution in [0.15, 0.2) is 30.3 Å². The largest absolute Gasteiger partial charge is 0.305 e. The molecule has 1 aromatic carbocycles. The Morgan fingerprint density at radius 1 is 1.26 bits per heavy atom. The van der Waals surface area contributed by atoms with Gasteiger partial charge in [-0.05, 0) is 25.8 Å². The van der Waals surface area contributed by atoms with Crippen molar-refractivity contribution in [3.05, 3.63) is 35.9 Å². The molecule has 1 aliphatic rings. The molecule has 1 fully saturated rings. The molecular weight excluding hydrogens is 234 g/mol. The van der Waals surface area contributed by atoms with Crippen molar-refractivity contribution in [2.75, 3.05) is 20.1 Å². The van der Waals surface area contributed by atoms with Crippen LogP contribution in [0.5, 0.6) is 0 Å². The molecule has 0 amide bonds. The molecule has 2 nitrogen and oxygen atoms in total. The molecule has 1 atom stereocenters. The van der Waals surface area contributed by atoms with Crippen molar-refractivity contribution in [2.45, 2.75) is 32.6 Å². The molecule has 104 valence electrons. The highest BCUT2D eigenvalue weighted by Crippen LogP contribution is 2.25. The first-order chi connectivity index (χ1) is 9.16. The van der Waals surface area contributed by atoms with Crippen LogP contribution >= 0.6 is 0 Å². The molecule has 0 saturated heterocycles. The van der Waals surface area contributed by atoms with Crippen molar-refractivity contribution in [1.29, 1.82) is 0 Å². The number of benzene rings is 1. The van der Waals surface area contributed by atoms with E-state index in [1.165, 1.54) is 25.7 Å². The third-order valence-electron chi connectivity index (χ3n) is 4.14. The zero-order chi connectivity index (χ0) is 13.7. The average Bonchev–Trinajstić information content (AvgIpc) is 2.91. The molecule has 0 aliphatic heterocycles. The first kappa shape index (κ1) is 14.3. The summed E-state index contributed by atoms with van der Waals surface area (Å²) in [6.45, 7) is 4.05. The van der Waals surface area contributed by atoms with E-state index in [2.05, 4.69) is 11.9 Å². The molecule has 0 spiro atoms. The second kappa shape index (κ2) is 6.85. The second-order valence-electron chi connectivity index (χ2n) is 6.00. The third-order valence-corrected chi connectivity index (χ3v) is 4.14. The second-order valence-corrected chi connectivity index (χ2v) is 6.00. The molecule has 1 unspecified atom stereocenters. The summed E-state index contributed by atoms with van der Waals surface area (Å²) < 4.78 is 0. The first-order valence-corrected chi connectivity index (χ1v) is 7.44. The molecule has 0 radical (unpaired) electrons. The minimum atomic E-state index is 0.0776. The summed E-state index contributed by atoms with van der Waals surface area (Å²) in [6.07, 6.45) is 5.50. The van der Waals surface area contributed by atoms with E-state index in [1.54, 1.807) is 0 Å². The lowest BCUT2D eigenvalue weighted by atomic mass is 9.98. The predicted octanol–water partition coefficient (Wildman–Crippen LogP) is 3.63. The van der Waals surface area contributed by atoms with E-state index in [4.69, 9.17) is 0 Å². The number of rotatable bonds is 6. The van der Waals surface area contributed by atoms with Gasteiger partial charge in [-0.2, -0.15) is 0 Å². The molecule has 2 rings (SSSR count). The highest BCUT2D eigenvalue weighted by molar-refractivity contribution is 5.97. The fourth-order valence-electron chi connectivity index (χ4n) is 3.15. The van der Waals surface area contributed by atoms with E-state index in [9.17, 15) is 4.79 Å². The maximum atomic E-state index is 12.3. The zero-order valence-corrected chi connectivity index (χ0v) is 12.1. The highest BCUT2D eigenvalue weighted by atomic mass is 16.1. The summed E-state index contributed by atoms with van der Waals surface area (Å²) in [7, 11) is 2.15. The van der Waals surface area contributed by atoms with Crippen LogP contribution in [-0.2, 0) is 0 Å². The number of carbonyl (C=O) groups excluding carboxylic acids is 1. The topological polar surface area (TPSA) is 20.3 Å². The quantitative estimate of drug-likeness (QED) is 0.727. The Hall–Kier alpha value is -1.15. The van der Waals surface area contributed by atoms with Gasteiger partial charge in [0.15, 0.2) is 5.78 Å². The zero-order valence-electron chi connectivity index (χ0n) is 12.1. The summed E-state index contributed by atoms with van der Waals surface area (Å²) in [4.78, 5) is 14.6. The minimum Gasteiger partial charge on any atom is -0.305 e. The molecular formula is C17H25NO. The Bertz CT molecular complexity index is 395. The third kappa shape index (κ3) is 4.17. The van der Waals surface area contributed by atoms with E-state index >= 15 is 0 Å². The lowest BCUT2D eigenvalue weighted by molar-refractivity contribution is 0.0898. The first-order valence-electron chi connectivity index (χ1n) is 7.44. The predicted molar refractivity (Wildman–Crippen MR) is 79.4 cm³/mol. The molecule has 0 N–H and O–H groups in total. The van der Waals surface area contributed by atoms with Crippen LogP contribution in [0.1, 0.15) is 43.0 Å². The van der Waals surface area contributed by atoms with Gasteiger partial charge in [-0.15, -0.1) is 0 Å². The van der Waals surface area contributed by atoms with Gasteiger partial charge in [-0.25, -0.2) is 0 Å². The van der Waals surface area contributed by atoms with Crippen LogP contribution in [0.4, 0.5) is 0 Å². The summed E-state index contributed by atoms with van der Waals surface area (Å²) in [6, 6.07) is 9.64. The average molecular weight is 259 g/mol. The summed E-state index contributed by atoms with van der Waals surface area (Å²) >= 11 is 0. The fraction of sp³-hybridized carbons (Fsp3) is 0.588. The number of carbonyl (C=O) groups is 1. The van der Waals surface area contributed by atoms with Crippen LogP contribution in [0, 0.1) is 11.8 Å². The van der Waals surface area contributed by atoms with Crippen molar-refractivity contribution < 1.29 is 4.79 Å². The number of hydrogen-bond acceptors (Lipinski definition) is 2. The Morgan fingerprint density at radius 3 is 2.53 bits per heavy atom. The van der Waals surface area contributed by atoms with Gasteiger partial charge in [-0.3, -0.25) is 4.79 Å². The van der Waals surface area contributed by atoms with Crippen molar-refractivity contribution >= 4 is 5.78 Å². The van der Waals surface area contributed by atoms with Crippen LogP contribution in [-0.4, -0.2) is 30.8 Å². The van der Waals surface area contributed by atoms with E-state index in [1.807, 2.05) is 37.3 Å². The SMILES string of the molecule is CC(CN(C)CC1CCCC1)C(=O)c1ccccc1. The smallest absolute Gasteiger partial charge is 0.166 e. The number of ketones is 1. The maximum Gasteiger partial charge on any atom is 0.166 e. The van der Waals surface area contributed by atoms with Gasteiger partial charge < -0.3 is 4.90 Å². The Balaban J connectivity index is 1.82. The lowest BCUT2D eigenvalue weighted by Gasteiger charge is -2.23. The van der Waals surface area contributed by atoms with Crippen molar-refractivity contribution in [1.82, 2.24) is 4.90 Å². The molecule has 0 aromatic heterocycles. The Labute approximate surface area is 116 Å². The van der Waals surface area contributed by atoms with E-state index in [0.717, 1.165) is 24.6 Å². The van der Waals surface area contributed by atoms with E-state index in [-0.39, 0.29) is 11.7 Å². The summed E-state index contributed by atoms with van der Waals surface area (Å²) in [5.74, 6) is 1.19. The summed E-state index contributed by atoms with van der Waals surface area (Å²) in [5, 5.41) is 0. The van der Waals surface area contributed by atoms with E-state index < -0.39 is 0 Å². The van der Waals surface area contributed by atoms with Crippen molar-refractivity contribution in [2.24, 2.45) is 11.8 Å². The molecule has 0 bridgehead atoms. The van der Waals surface area contributed by atoms with Gasteiger partial charge in [0, 0.05) is 24.6 Å². The van der Waals surface area contributed by atoms with Gasteiger partial charge in [0.2, 0.25) is 0 Å². The lowest BCUT2D eigenvalue weighted by Crippen LogP contribution is -2.32. The van der Waals surface area contributed by atoms with Crippen molar-refractivity contribution in [3.8, 4) is 0 Å². The van der Waals surface area contributed by atoms with Crippen LogP contribution in [0.3, 0.4) is 0 Å². The van der Waals surface area contributed by atoms with E-state index in [0.29, 0.717) is 0 Å². The number of Topliss-reactive ketones (excluding diaryl/α,β-unsaturated/α-hetero) is 1. The Morgan fingerprint density at radius 2 is 1.89 bits per heavy atom. The standard InChI is InChI=1S/C17H25NO/c1-14(17(19)16-10-4-3-5-11-16)12-18(2)13-15-8-6-7-9-15/h3-5,10-11,14-15H,6-9,12-13H2,1-2H3. The van der Waals surface area contributed by atoms with Crippen LogP contribution in [0.25, 0.3) is 0 Å². The Kier molecular flexibility index (Phi) is 5.15. The molecule has 0 heterocycles. The number of nitrogens with zero attached hydrogens (tertiary/aromatic N) is 1. The van der Waals surface area contributed by atoms with Crippen LogP contribution in [0.2, 0.25) is 0 Å². The highest BCUT2D eigenvalue weighted by Gasteiger charge is 2.20. The molecule has 1 aromatic rings. The van der Waals surface area contributed by atoms with Crippen molar-refractivity contribution in [3.63, 3.8) is 0 Å². The maximum absolute atomic E-state index is 12.3. The van der Waals surface area contributed by atoms with Gasteiger partial charge >= 0.3 is 0 Å². The molecule has 1 aliphatic carbocycles. The van der Waals surface area contributed by atoms with Gasteiger partial charge in [-0.1, -0.05) is 50.1 Å². The van der Waals surface area contributed by atoms with Gasteiger partial charge in [0.05, 0.1) is 0 Å². The fourth-order valence-corrected chi connectivity index (χ4v) is 3.15. The minimum absolute atomic E-state index is 0.0776. The summed E-state index contributed by atoms with van der Waals surface area (Å²) in [5.41, 5.74) is 0.837. The molecule has 1 saturated carbocycles. The van der Waals surface area contributed by atoms with Gasteiger partial charge in [0.1, 0.15) is 0 Å². The molecule has 19 heavy (non-hydrogen) atoms. The monoisotopic (exact) mass is 259 g/mol.